The number of halogens is 1. The predicted molar refractivity (Wildman–Crippen MR) is 52.3 cm³/mol. The summed E-state index contributed by atoms with van der Waals surface area (Å²) in [7, 11) is 0. The van der Waals surface area contributed by atoms with Crippen LogP contribution in [0.25, 0.3) is 0 Å². The standard InChI is InChI=1S/C9H10ClNO3/c1-9(11,8(13)14)6-4-5(12)2-3-7(6)10/h2-4,12H,11H2,1H3,(H,13,14)/t9-/m1/s1. The molecule has 0 saturated carbocycles. The maximum atomic E-state index is 10.8. The van der Waals surface area contributed by atoms with Gasteiger partial charge in [0, 0.05) is 10.6 Å². The summed E-state index contributed by atoms with van der Waals surface area (Å²) in [6.45, 7) is 1.32. The van der Waals surface area contributed by atoms with Crippen LogP contribution in [-0.4, -0.2) is 16.2 Å². The van der Waals surface area contributed by atoms with E-state index < -0.39 is 11.5 Å². The van der Waals surface area contributed by atoms with Crippen LogP contribution >= 0.6 is 11.6 Å². The first-order valence-electron chi connectivity index (χ1n) is 3.87. The third kappa shape index (κ3) is 1.81. The van der Waals surface area contributed by atoms with Crippen LogP contribution in [0, 0.1) is 0 Å². The summed E-state index contributed by atoms with van der Waals surface area (Å²) in [5, 5.41) is 18.2. The van der Waals surface area contributed by atoms with Crippen LogP contribution in [0.2, 0.25) is 5.02 Å². The molecule has 0 amide bonds. The van der Waals surface area contributed by atoms with Gasteiger partial charge in [0.2, 0.25) is 0 Å². The fourth-order valence-corrected chi connectivity index (χ4v) is 1.34. The van der Waals surface area contributed by atoms with E-state index in [0.717, 1.165) is 0 Å². The molecule has 4 nitrogen and oxygen atoms in total. The monoisotopic (exact) mass is 215 g/mol. The highest BCUT2D eigenvalue weighted by molar-refractivity contribution is 6.31. The van der Waals surface area contributed by atoms with Gasteiger partial charge in [0.1, 0.15) is 11.3 Å². The maximum absolute atomic E-state index is 10.8. The van der Waals surface area contributed by atoms with Gasteiger partial charge in [-0.05, 0) is 25.1 Å². The molecule has 1 aromatic carbocycles. The largest absolute Gasteiger partial charge is 0.508 e. The molecule has 14 heavy (non-hydrogen) atoms. The third-order valence-electron chi connectivity index (χ3n) is 1.95. The summed E-state index contributed by atoms with van der Waals surface area (Å²) in [5.41, 5.74) is 4.14. The first-order chi connectivity index (χ1) is 6.35. The number of phenolic OH excluding ortho intramolecular Hbond substituents is 1. The molecule has 1 aromatic rings. The van der Waals surface area contributed by atoms with Crippen LogP contribution in [0.4, 0.5) is 0 Å². The fraction of sp³-hybridized carbons (Fsp3) is 0.222. The quantitative estimate of drug-likeness (QED) is 0.695. The SMILES string of the molecule is C[C@](N)(C(=O)O)c1cc(O)ccc1Cl. The number of carboxylic acids is 1. The maximum Gasteiger partial charge on any atom is 0.328 e. The second-order valence-corrected chi connectivity index (χ2v) is 3.58. The van der Waals surface area contributed by atoms with Crippen LogP contribution in [-0.2, 0) is 10.3 Å². The van der Waals surface area contributed by atoms with Gasteiger partial charge in [-0.15, -0.1) is 0 Å². The molecule has 0 spiro atoms. The summed E-state index contributed by atoms with van der Waals surface area (Å²) >= 11 is 5.77. The Morgan fingerprint density at radius 1 is 1.57 bits per heavy atom. The molecule has 0 fully saturated rings. The van der Waals surface area contributed by atoms with E-state index in [-0.39, 0.29) is 16.3 Å². The van der Waals surface area contributed by atoms with Crippen LogP contribution < -0.4 is 5.73 Å². The summed E-state index contributed by atoms with van der Waals surface area (Å²) in [4.78, 5) is 10.8. The molecule has 0 heterocycles. The van der Waals surface area contributed by atoms with Crippen molar-refractivity contribution in [1.82, 2.24) is 0 Å². The average Bonchev–Trinajstić information content (AvgIpc) is 2.08. The van der Waals surface area contributed by atoms with Crippen LogP contribution in [0.3, 0.4) is 0 Å². The number of carbonyl (C=O) groups is 1. The molecular weight excluding hydrogens is 206 g/mol. The molecule has 0 aliphatic rings. The van der Waals surface area contributed by atoms with Crippen LogP contribution in [0.5, 0.6) is 5.75 Å². The van der Waals surface area contributed by atoms with E-state index in [1.165, 1.54) is 25.1 Å². The first kappa shape index (κ1) is 10.8. The van der Waals surface area contributed by atoms with Crippen LogP contribution in [0.15, 0.2) is 18.2 Å². The Hall–Kier alpha value is -1.26. The highest BCUT2D eigenvalue weighted by Crippen LogP contribution is 2.29. The van der Waals surface area contributed by atoms with Crippen molar-refractivity contribution in [2.75, 3.05) is 0 Å². The number of phenols is 1. The minimum Gasteiger partial charge on any atom is -0.508 e. The topological polar surface area (TPSA) is 83.6 Å². The van der Waals surface area contributed by atoms with Gasteiger partial charge in [-0.2, -0.15) is 0 Å². The van der Waals surface area contributed by atoms with Gasteiger partial charge in [0.25, 0.3) is 0 Å². The molecule has 0 bridgehead atoms. The predicted octanol–water partition coefficient (Wildman–Crippen LogP) is 1.30. The molecule has 0 aromatic heterocycles. The molecule has 1 rings (SSSR count). The zero-order valence-corrected chi connectivity index (χ0v) is 8.25. The van der Waals surface area contributed by atoms with E-state index in [9.17, 15) is 9.90 Å². The number of rotatable bonds is 2. The molecule has 0 radical (unpaired) electrons. The normalized spacial score (nSPS) is 14.8. The Bertz CT molecular complexity index is 376. The van der Waals surface area contributed by atoms with Gasteiger partial charge < -0.3 is 15.9 Å². The van der Waals surface area contributed by atoms with Crippen molar-refractivity contribution in [3.8, 4) is 5.75 Å². The van der Waals surface area contributed by atoms with E-state index in [4.69, 9.17) is 22.4 Å². The lowest BCUT2D eigenvalue weighted by Gasteiger charge is -2.20. The molecule has 0 aliphatic heterocycles. The number of hydrogen-bond acceptors (Lipinski definition) is 3. The van der Waals surface area contributed by atoms with Crippen molar-refractivity contribution >= 4 is 17.6 Å². The van der Waals surface area contributed by atoms with Gasteiger partial charge in [0.05, 0.1) is 0 Å². The number of benzene rings is 1. The Balaban J connectivity index is 3.31. The van der Waals surface area contributed by atoms with Crippen molar-refractivity contribution in [3.63, 3.8) is 0 Å². The third-order valence-corrected chi connectivity index (χ3v) is 2.28. The van der Waals surface area contributed by atoms with Crippen molar-refractivity contribution in [1.29, 1.82) is 0 Å². The Kier molecular flexibility index (Phi) is 2.69. The number of carboxylic acid groups (broad SMARTS) is 1. The summed E-state index contributed by atoms with van der Waals surface area (Å²) in [6.07, 6.45) is 0. The molecule has 76 valence electrons. The number of aliphatic carboxylic acids is 1. The van der Waals surface area contributed by atoms with Gasteiger partial charge in [0.15, 0.2) is 0 Å². The van der Waals surface area contributed by atoms with Crippen molar-refractivity contribution in [2.45, 2.75) is 12.5 Å². The lowest BCUT2D eigenvalue weighted by Crippen LogP contribution is -2.41. The zero-order valence-electron chi connectivity index (χ0n) is 7.49. The smallest absolute Gasteiger partial charge is 0.328 e. The fourth-order valence-electron chi connectivity index (χ4n) is 1.03. The molecule has 0 saturated heterocycles. The molecule has 0 unspecified atom stereocenters. The summed E-state index contributed by atoms with van der Waals surface area (Å²) in [6, 6.07) is 4.01. The zero-order chi connectivity index (χ0) is 10.9. The first-order valence-corrected chi connectivity index (χ1v) is 4.24. The minimum atomic E-state index is -1.60. The Morgan fingerprint density at radius 2 is 2.14 bits per heavy atom. The van der Waals surface area contributed by atoms with E-state index in [1.807, 2.05) is 0 Å². The van der Waals surface area contributed by atoms with Crippen molar-refractivity contribution < 1.29 is 15.0 Å². The Morgan fingerprint density at radius 3 is 2.64 bits per heavy atom. The molecular formula is C9H10ClNO3. The number of nitrogens with two attached hydrogens (primary N) is 1. The molecule has 4 N–H and O–H groups in total. The summed E-state index contributed by atoms with van der Waals surface area (Å²) in [5.74, 6) is -1.27. The number of hydrogen-bond donors (Lipinski definition) is 3. The molecule has 0 aliphatic carbocycles. The lowest BCUT2D eigenvalue weighted by atomic mass is 9.93. The van der Waals surface area contributed by atoms with E-state index >= 15 is 0 Å². The van der Waals surface area contributed by atoms with Gasteiger partial charge in [-0.25, -0.2) is 4.79 Å². The van der Waals surface area contributed by atoms with E-state index in [2.05, 4.69) is 0 Å². The van der Waals surface area contributed by atoms with E-state index in [1.54, 1.807) is 0 Å². The van der Waals surface area contributed by atoms with Crippen molar-refractivity contribution in [3.05, 3.63) is 28.8 Å². The molecule has 1 atom stereocenters. The summed E-state index contributed by atoms with van der Waals surface area (Å²) < 4.78 is 0. The van der Waals surface area contributed by atoms with Gasteiger partial charge in [-0.1, -0.05) is 11.6 Å². The van der Waals surface area contributed by atoms with Gasteiger partial charge in [-0.3, -0.25) is 0 Å². The van der Waals surface area contributed by atoms with Gasteiger partial charge >= 0.3 is 5.97 Å². The highest BCUT2D eigenvalue weighted by Gasteiger charge is 2.32. The second-order valence-electron chi connectivity index (χ2n) is 3.17. The number of aromatic hydroxyl groups is 1. The average molecular weight is 216 g/mol. The highest BCUT2D eigenvalue weighted by atomic mass is 35.5. The lowest BCUT2D eigenvalue weighted by molar-refractivity contribution is -0.143. The van der Waals surface area contributed by atoms with Crippen LogP contribution in [0.1, 0.15) is 12.5 Å². The Labute approximate surface area is 85.9 Å². The minimum absolute atomic E-state index is 0.0673. The van der Waals surface area contributed by atoms with Crippen molar-refractivity contribution in [2.24, 2.45) is 5.73 Å². The van der Waals surface area contributed by atoms with E-state index in [0.29, 0.717) is 0 Å². The second kappa shape index (κ2) is 3.48. The molecule has 5 heteroatoms.